The molecule has 2 heterocycles. The summed E-state index contributed by atoms with van der Waals surface area (Å²) in [5.41, 5.74) is 0.0834. The lowest BCUT2D eigenvalue weighted by Crippen LogP contribution is -2.45. The number of carbonyl (C=O) groups is 1. The fourth-order valence-electron chi connectivity index (χ4n) is 2.69. The van der Waals surface area contributed by atoms with Crippen LogP contribution in [0, 0.1) is 5.92 Å². The van der Waals surface area contributed by atoms with Gasteiger partial charge in [0.05, 0.1) is 10.9 Å². The lowest BCUT2D eigenvalue weighted by atomic mass is 9.90. The molecular weight excluding hydrogens is 272 g/mol. The molecule has 1 N–H and O–H groups in total. The van der Waals surface area contributed by atoms with Gasteiger partial charge in [-0.25, -0.2) is 4.98 Å². The minimum absolute atomic E-state index is 0.0834. The fourth-order valence-corrected chi connectivity index (χ4v) is 3.69. The van der Waals surface area contributed by atoms with Gasteiger partial charge in [0.1, 0.15) is 0 Å². The second kappa shape index (κ2) is 5.82. The number of piperidine rings is 1. The van der Waals surface area contributed by atoms with Crippen LogP contribution in [0.25, 0.3) is 0 Å². The van der Waals surface area contributed by atoms with Gasteiger partial charge in [-0.3, -0.25) is 9.69 Å². The van der Waals surface area contributed by atoms with Crippen LogP contribution in [0.3, 0.4) is 0 Å². The highest BCUT2D eigenvalue weighted by molar-refractivity contribution is 7.11. The van der Waals surface area contributed by atoms with Gasteiger partial charge in [-0.1, -0.05) is 20.8 Å². The highest BCUT2D eigenvalue weighted by Crippen LogP contribution is 2.30. The molecule has 0 saturated carbocycles. The summed E-state index contributed by atoms with van der Waals surface area (Å²) in [6.07, 6.45) is 3.71. The van der Waals surface area contributed by atoms with Crippen LogP contribution < -0.4 is 0 Å². The Labute approximate surface area is 124 Å². The Bertz CT molecular complexity index is 478. The van der Waals surface area contributed by atoms with E-state index in [1.165, 1.54) is 4.88 Å². The maximum absolute atomic E-state index is 11.3. The van der Waals surface area contributed by atoms with E-state index in [-0.39, 0.29) is 17.4 Å². The molecule has 1 aliphatic rings. The van der Waals surface area contributed by atoms with Crippen LogP contribution in [0.2, 0.25) is 0 Å². The first-order chi connectivity index (χ1) is 9.29. The third-order valence-corrected chi connectivity index (χ3v) is 5.40. The molecule has 0 amide bonds. The molecule has 2 rings (SSSR count). The monoisotopic (exact) mass is 296 g/mol. The maximum Gasteiger partial charge on any atom is 0.308 e. The molecule has 1 fully saturated rings. The standard InChI is InChI=1S/C15H24N2O2S/c1-10-12(13(18)19)6-5-7-17(10)9-11-8-16-14(20-11)15(2,3)4/h8,10,12H,5-7,9H2,1-4H3,(H,18,19)/t10-,12-/m1/s1. The molecule has 0 radical (unpaired) electrons. The van der Waals surface area contributed by atoms with E-state index < -0.39 is 5.97 Å². The lowest BCUT2D eigenvalue weighted by molar-refractivity contribution is -0.145. The number of hydrogen-bond donors (Lipinski definition) is 1. The minimum Gasteiger partial charge on any atom is -0.481 e. The summed E-state index contributed by atoms with van der Waals surface area (Å²) in [7, 11) is 0. The number of carboxylic acid groups (broad SMARTS) is 1. The van der Waals surface area contributed by atoms with Crippen LogP contribution in [0.5, 0.6) is 0 Å². The number of aromatic nitrogens is 1. The van der Waals surface area contributed by atoms with Gasteiger partial charge in [0.25, 0.3) is 0 Å². The Kier molecular flexibility index (Phi) is 4.49. The Morgan fingerprint density at radius 3 is 2.80 bits per heavy atom. The topological polar surface area (TPSA) is 53.4 Å². The molecule has 4 nitrogen and oxygen atoms in total. The fraction of sp³-hybridized carbons (Fsp3) is 0.733. The first kappa shape index (κ1) is 15.4. The van der Waals surface area contributed by atoms with Gasteiger partial charge >= 0.3 is 5.97 Å². The zero-order valence-corrected chi connectivity index (χ0v) is 13.5. The van der Waals surface area contributed by atoms with E-state index >= 15 is 0 Å². The van der Waals surface area contributed by atoms with Crippen LogP contribution in [0.15, 0.2) is 6.20 Å². The SMILES string of the molecule is C[C@@H]1[C@H](C(=O)O)CCCN1Cc1cnc(C(C)(C)C)s1. The van der Waals surface area contributed by atoms with Gasteiger partial charge in [0.2, 0.25) is 0 Å². The number of carboxylic acids is 1. The first-order valence-electron chi connectivity index (χ1n) is 7.21. The Balaban J connectivity index is 2.06. The van der Waals surface area contributed by atoms with Crippen LogP contribution in [-0.2, 0) is 16.8 Å². The smallest absolute Gasteiger partial charge is 0.308 e. The Morgan fingerprint density at radius 1 is 1.55 bits per heavy atom. The van der Waals surface area contributed by atoms with E-state index in [4.69, 9.17) is 0 Å². The van der Waals surface area contributed by atoms with Crippen molar-refractivity contribution in [2.45, 2.75) is 58.5 Å². The van der Waals surface area contributed by atoms with Gasteiger partial charge in [-0.2, -0.15) is 0 Å². The number of rotatable bonds is 3. The van der Waals surface area contributed by atoms with E-state index in [1.54, 1.807) is 11.3 Å². The van der Waals surface area contributed by atoms with E-state index in [1.807, 2.05) is 13.1 Å². The molecule has 1 aliphatic heterocycles. The van der Waals surface area contributed by atoms with Gasteiger partial charge in [0, 0.05) is 29.1 Å². The van der Waals surface area contributed by atoms with E-state index in [2.05, 4.69) is 30.7 Å². The van der Waals surface area contributed by atoms with E-state index in [0.29, 0.717) is 0 Å². The average Bonchev–Trinajstić information content (AvgIpc) is 2.80. The largest absolute Gasteiger partial charge is 0.481 e. The minimum atomic E-state index is -0.665. The second-order valence-electron chi connectivity index (χ2n) is 6.68. The van der Waals surface area contributed by atoms with Crippen molar-refractivity contribution < 1.29 is 9.90 Å². The predicted molar refractivity (Wildman–Crippen MR) is 81.0 cm³/mol. The third kappa shape index (κ3) is 3.38. The average molecular weight is 296 g/mol. The molecule has 0 aromatic carbocycles. The molecule has 0 spiro atoms. The molecule has 0 aliphatic carbocycles. The van der Waals surface area contributed by atoms with E-state index in [9.17, 15) is 9.90 Å². The highest BCUT2D eigenvalue weighted by Gasteiger charge is 2.33. The van der Waals surface area contributed by atoms with Gasteiger partial charge in [-0.15, -0.1) is 11.3 Å². The van der Waals surface area contributed by atoms with E-state index in [0.717, 1.165) is 30.9 Å². The van der Waals surface area contributed by atoms with Crippen molar-refractivity contribution in [1.29, 1.82) is 0 Å². The summed E-state index contributed by atoms with van der Waals surface area (Å²) < 4.78 is 0. The molecule has 5 heteroatoms. The third-order valence-electron chi connectivity index (χ3n) is 3.99. The van der Waals surface area contributed by atoms with Crippen molar-refractivity contribution >= 4 is 17.3 Å². The highest BCUT2D eigenvalue weighted by atomic mass is 32.1. The van der Waals surface area contributed by atoms with Crippen molar-refractivity contribution in [3.05, 3.63) is 16.1 Å². The summed E-state index contributed by atoms with van der Waals surface area (Å²) in [4.78, 5) is 19.3. The summed E-state index contributed by atoms with van der Waals surface area (Å²) in [6.45, 7) is 10.3. The second-order valence-corrected chi connectivity index (χ2v) is 7.79. The Hall–Kier alpha value is -0.940. The molecule has 2 atom stereocenters. The predicted octanol–water partition coefficient (Wildman–Crippen LogP) is 3.13. The number of hydrogen-bond acceptors (Lipinski definition) is 4. The van der Waals surface area contributed by atoms with Crippen LogP contribution >= 0.6 is 11.3 Å². The number of aliphatic carboxylic acids is 1. The first-order valence-corrected chi connectivity index (χ1v) is 8.02. The van der Waals surface area contributed by atoms with Gasteiger partial charge in [-0.05, 0) is 26.3 Å². The molecule has 1 saturated heterocycles. The number of nitrogens with zero attached hydrogens (tertiary/aromatic N) is 2. The zero-order valence-electron chi connectivity index (χ0n) is 12.7. The molecule has 0 unspecified atom stereocenters. The van der Waals surface area contributed by atoms with Crippen molar-refractivity contribution in [3.63, 3.8) is 0 Å². The van der Waals surface area contributed by atoms with Crippen LogP contribution in [0.4, 0.5) is 0 Å². The van der Waals surface area contributed by atoms with Crippen molar-refractivity contribution in [2.75, 3.05) is 6.54 Å². The maximum atomic E-state index is 11.3. The number of thiazole rings is 1. The lowest BCUT2D eigenvalue weighted by Gasteiger charge is -2.37. The molecule has 112 valence electrons. The molecule has 20 heavy (non-hydrogen) atoms. The normalized spacial score (nSPS) is 24.8. The van der Waals surface area contributed by atoms with Crippen molar-refractivity contribution in [2.24, 2.45) is 5.92 Å². The summed E-state index contributed by atoms with van der Waals surface area (Å²) >= 11 is 1.74. The summed E-state index contributed by atoms with van der Waals surface area (Å²) in [5, 5.41) is 10.4. The van der Waals surface area contributed by atoms with Crippen LogP contribution in [-0.4, -0.2) is 33.5 Å². The van der Waals surface area contributed by atoms with Gasteiger partial charge < -0.3 is 5.11 Å². The van der Waals surface area contributed by atoms with Crippen molar-refractivity contribution in [3.8, 4) is 0 Å². The quantitative estimate of drug-likeness (QED) is 0.931. The molecule has 1 aromatic heterocycles. The summed E-state index contributed by atoms with van der Waals surface area (Å²) in [6, 6.07) is 0.0986. The zero-order chi connectivity index (χ0) is 14.9. The summed E-state index contributed by atoms with van der Waals surface area (Å²) in [5.74, 6) is -0.902. The molecule has 1 aromatic rings. The Morgan fingerprint density at radius 2 is 2.25 bits per heavy atom. The molecule has 0 bridgehead atoms. The molecular formula is C15H24N2O2S. The van der Waals surface area contributed by atoms with Crippen molar-refractivity contribution in [1.82, 2.24) is 9.88 Å². The number of likely N-dealkylation sites (tertiary alicyclic amines) is 1. The van der Waals surface area contributed by atoms with Crippen LogP contribution in [0.1, 0.15) is 50.4 Å². The van der Waals surface area contributed by atoms with Gasteiger partial charge in [0.15, 0.2) is 0 Å².